The van der Waals surface area contributed by atoms with E-state index in [9.17, 15) is 9.59 Å². The van der Waals surface area contributed by atoms with Gasteiger partial charge in [0.05, 0.1) is 11.8 Å². The molecular formula is C16H17NO4. The molecule has 0 aliphatic carbocycles. The predicted molar refractivity (Wildman–Crippen MR) is 78.6 cm³/mol. The van der Waals surface area contributed by atoms with Crippen LogP contribution in [0.3, 0.4) is 0 Å². The lowest BCUT2D eigenvalue weighted by molar-refractivity contribution is -0.136. The molecule has 0 fully saturated rings. The van der Waals surface area contributed by atoms with Crippen LogP contribution in [-0.2, 0) is 17.6 Å². The number of hydrogen-bond acceptors (Lipinski definition) is 3. The smallest absolute Gasteiger partial charge is 0.311 e. The lowest BCUT2D eigenvalue weighted by Crippen LogP contribution is -2.15. The summed E-state index contributed by atoms with van der Waals surface area (Å²) in [6.07, 6.45) is 2.01. The highest BCUT2D eigenvalue weighted by Gasteiger charge is 2.20. The van der Waals surface area contributed by atoms with Gasteiger partial charge in [0.1, 0.15) is 12.2 Å². The fourth-order valence-corrected chi connectivity index (χ4v) is 2.09. The number of carboxylic acid groups (broad SMARTS) is 1. The fourth-order valence-electron chi connectivity index (χ4n) is 2.09. The Morgan fingerprint density at radius 3 is 2.48 bits per heavy atom. The van der Waals surface area contributed by atoms with Crippen molar-refractivity contribution in [1.29, 1.82) is 0 Å². The van der Waals surface area contributed by atoms with Gasteiger partial charge in [0.2, 0.25) is 0 Å². The molecule has 5 heteroatoms. The Hall–Kier alpha value is -2.56. The van der Waals surface area contributed by atoms with E-state index in [1.807, 2.05) is 24.3 Å². The van der Waals surface area contributed by atoms with E-state index in [2.05, 4.69) is 12.2 Å². The monoisotopic (exact) mass is 287 g/mol. The molecule has 5 nitrogen and oxygen atoms in total. The molecule has 0 radical (unpaired) electrons. The molecule has 1 heterocycles. The van der Waals surface area contributed by atoms with E-state index in [4.69, 9.17) is 9.52 Å². The third-order valence-corrected chi connectivity index (χ3v) is 3.21. The number of carboxylic acids is 1. The van der Waals surface area contributed by atoms with Gasteiger partial charge in [-0.1, -0.05) is 19.1 Å². The Kier molecular flexibility index (Phi) is 4.42. The van der Waals surface area contributed by atoms with Crippen molar-refractivity contribution in [2.24, 2.45) is 0 Å². The standard InChI is InChI=1S/C16H17NO4/c1-3-11-4-6-12(7-5-11)17-16(20)15-10(2)9-21-13(15)8-14(18)19/h4-7,9H,3,8H2,1-2H3,(H,17,20)(H,18,19). The van der Waals surface area contributed by atoms with Gasteiger partial charge in [-0.3, -0.25) is 9.59 Å². The first-order valence-electron chi connectivity index (χ1n) is 6.70. The molecule has 0 aliphatic rings. The van der Waals surface area contributed by atoms with Crippen LogP contribution < -0.4 is 5.32 Å². The molecule has 2 aromatic rings. The lowest BCUT2D eigenvalue weighted by atomic mass is 10.1. The Bertz CT molecular complexity index is 655. The normalized spacial score (nSPS) is 10.4. The van der Waals surface area contributed by atoms with Crippen molar-refractivity contribution >= 4 is 17.6 Å². The summed E-state index contributed by atoms with van der Waals surface area (Å²) in [7, 11) is 0. The van der Waals surface area contributed by atoms with Crippen molar-refractivity contribution in [3.8, 4) is 0 Å². The summed E-state index contributed by atoms with van der Waals surface area (Å²) in [5.74, 6) is -1.23. The van der Waals surface area contributed by atoms with Crippen molar-refractivity contribution in [1.82, 2.24) is 0 Å². The van der Waals surface area contributed by atoms with Gasteiger partial charge in [-0.2, -0.15) is 0 Å². The minimum absolute atomic E-state index is 0.169. The van der Waals surface area contributed by atoms with E-state index in [1.165, 1.54) is 11.8 Å². The average Bonchev–Trinajstić information content (AvgIpc) is 2.80. The van der Waals surface area contributed by atoms with Crippen molar-refractivity contribution < 1.29 is 19.1 Å². The van der Waals surface area contributed by atoms with Crippen LogP contribution in [0.25, 0.3) is 0 Å². The third kappa shape index (κ3) is 3.51. The van der Waals surface area contributed by atoms with Crippen molar-refractivity contribution in [3.05, 3.63) is 53.0 Å². The number of anilines is 1. The van der Waals surface area contributed by atoms with Gasteiger partial charge >= 0.3 is 5.97 Å². The average molecular weight is 287 g/mol. The van der Waals surface area contributed by atoms with Gasteiger partial charge in [-0.15, -0.1) is 0 Å². The first-order chi connectivity index (χ1) is 10.0. The van der Waals surface area contributed by atoms with Crippen LogP contribution in [0, 0.1) is 6.92 Å². The minimum Gasteiger partial charge on any atom is -0.481 e. The number of carbonyl (C=O) groups excluding carboxylic acids is 1. The zero-order valence-corrected chi connectivity index (χ0v) is 12.0. The number of aliphatic carboxylic acids is 1. The molecule has 110 valence electrons. The van der Waals surface area contributed by atoms with E-state index in [0.29, 0.717) is 11.3 Å². The molecule has 1 aromatic heterocycles. The summed E-state index contributed by atoms with van der Waals surface area (Å²) in [4.78, 5) is 23.1. The minimum atomic E-state index is -1.04. The molecule has 0 aliphatic heterocycles. The second-order valence-electron chi connectivity index (χ2n) is 4.79. The predicted octanol–water partition coefficient (Wildman–Crippen LogP) is 3.03. The summed E-state index contributed by atoms with van der Waals surface area (Å²) in [5, 5.41) is 11.6. The van der Waals surface area contributed by atoms with Gasteiger partial charge < -0.3 is 14.8 Å². The fraction of sp³-hybridized carbons (Fsp3) is 0.250. The van der Waals surface area contributed by atoms with E-state index in [1.54, 1.807) is 6.92 Å². The van der Waals surface area contributed by atoms with Gasteiger partial charge in [-0.05, 0) is 31.0 Å². The maximum Gasteiger partial charge on any atom is 0.311 e. The van der Waals surface area contributed by atoms with Crippen LogP contribution in [0.1, 0.15) is 34.2 Å². The zero-order valence-electron chi connectivity index (χ0n) is 12.0. The Morgan fingerprint density at radius 2 is 1.90 bits per heavy atom. The van der Waals surface area contributed by atoms with Crippen LogP contribution >= 0.6 is 0 Å². The molecular weight excluding hydrogens is 270 g/mol. The van der Waals surface area contributed by atoms with E-state index < -0.39 is 5.97 Å². The van der Waals surface area contributed by atoms with E-state index >= 15 is 0 Å². The summed E-state index contributed by atoms with van der Waals surface area (Å²) in [6, 6.07) is 7.53. The Morgan fingerprint density at radius 1 is 1.24 bits per heavy atom. The maximum atomic E-state index is 12.3. The van der Waals surface area contributed by atoms with Gasteiger partial charge in [-0.25, -0.2) is 0 Å². The largest absolute Gasteiger partial charge is 0.481 e. The summed E-state index contributed by atoms with van der Waals surface area (Å²) >= 11 is 0. The van der Waals surface area contributed by atoms with E-state index in [0.717, 1.165) is 6.42 Å². The lowest BCUT2D eigenvalue weighted by Gasteiger charge is -2.07. The van der Waals surface area contributed by atoms with Crippen LogP contribution in [0.2, 0.25) is 0 Å². The van der Waals surface area contributed by atoms with E-state index in [-0.39, 0.29) is 23.7 Å². The Balaban J connectivity index is 2.19. The number of nitrogens with one attached hydrogen (secondary N) is 1. The highest BCUT2D eigenvalue weighted by atomic mass is 16.4. The number of carbonyl (C=O) groups is 2. The van der Waals surface area contributed by atoms with Gasteiger partial charge in [0.25, 0.3) is 5.91 Å². The molecule has 0 saturated heterocycles. The van der Waals surface area contributed by atoms with Crippen LogP contribution in [-0.4, -0.2) is 17.0 Å². The second kappa shape index (κ2) is 6.26. The topological polar surface area (TPSA) is 79.5 Å². The summed E-state index contributed by atoms with van der Waals surface area (Å²) in [6.45, 7) is 3.77. The summed E-state index contributed by atoms with van der Waals surface area (Å²) < 4.78 is 5.16. The van der Waals surface area contributed by atoms with Gasteiger partial charge in [0, 0.05) is 11.3 Å². The van der Waals surface area contributed by atoms with Crippen molar-refractivity contribution in [2.75, 3.05) is 5.32 Å². The summed E-state index contributed by atoms with van der Waals surface area (Å²) in [5.41, 5.74) is 2.75. The molecule has 0 saturated carbocycles. The molecule has 21 heavy (non-hydrogen) atoms. The first kappa shape index (κ1) is 14.8. The molecule has 1 aromatic carbocycles. The molecule has 0 unspecified atom stereocenters. The molecule has 0 bridgehead atoms. The number of aryl methyl sites for hydroxylation is 2. The number of hydrogen-bond donors (Lipinski definition) is 2. The molecule has 0 spiro atoms. The van der Waals surface area contributed by atoms with Crippen LogP contribution in [0.4, 0.5) is 5.69 Å². The van der Waals surface area contributed by atoms with Crippen LogP contribution in [0.5, 0.6) is 0 Å². The molecule has 0 atom stereocenters. The SMILES string of the molecule is CCc1ccc(NC(=O)c2c(C)coc2CC(=O)O)cc1. The highest BCUT2D eigenvalue weighted by molar-refractivity contribution is 6.06. The highest BCUT2D eigenvalue weighted by Crippen LogP contribution is 2.19. The number of benzene rings is 1. The second-order valence-corrected chi connectivity index (χ2v) is 4.79. The van der Waals surface area contributed by atoms with Crippen molar-refractivity contribution in [2.45, 2.75) is 26.7 Å². The zero-order chi connectivity index (χ0) is 15.4. The first-order valence-corrected chi connectivity index (χ1v) is 6.70. The molecule has 2 rings (SSSR count). The number of furan rings is 1. The van der Waals surface area contributed by atoms with Crippen molar-refractivity contribution in [3.63, 3.8) is 0 Å². The number of amides is 1. The maximum absolute atomic E-state index is 12.3. The van der Waals surface area contributed by atoms with Crippen LogP contribution in [0.15, 0.2) is 34.9 Å². The van der Waals surface area contributed by atoms with Gasteiger partial charge in [0.15, 0.2) is 0 Å². The third-order valence-electron chi connectivity index (χ3n) is 3.21. The molecule has 2 N–H and O–H groups in total. The Labute approximate surface area is 122 Å². The quantitative estimate of drug-likeness (QED) is 0.885. The molecule has 1 amide bonds. The number of rotatable bonds is 5.